The van der Waals surface area contributed by atoms with Gasteiger partial charge in [-0.2, -0.15) is 0 Å². The van der Waals surface area contributed by atoms with Gasteiger partial charge in [0, 0.05) is 17.7 Å². The molecule has 1 amide bonds. The SMILES string of the molecule is CCOc1cc([C@H]2/C(=C(\O)c3ccc4c(c3)C[C@@H](C)O4)C(=O)C(=O)N2c2nnc(SCc3cccc4ccccc34)s2)ccc1OCc1ccccc1. The van der Waals surface area contributed by atoms with Crippen molar-refractivity contribution in [2.24, 2.45) is 0 Å². The molecule has 6 aromatic rings. The average molecular weight is 742 g/mol. The van der Waals surface area contributed by atoms with Crippen LogP contribution in [0.4, 0.5) is 5.13 Å². The topological polar surface area (TPSA) is 111 Å². The fraction of sp³-hybridized carbons (Fsp3) is 0.190. The van der Waals surface area contributed by atoms with Crippen molar-refractivity contribution >= 4 is 56.5 Å². The molecule has 0 unspecified atom stereocenters. The van der Waals surface area contributed by atoms with Gasteiger partial charge < -0.3 is 19.3 Å². The summed E-state index contributed by atoms with van der Waals surface area (Å²) in [7, 11) is 0. The number of nitrogens with zero attached hydrogens (tertiary/aromatic N) is 3. The Bertz CT molecular complexity index is 2370. The Hall–Kier alpha value is -5.65. The van der Waals surface area contributed by atoms with Gasteiger partial charge in [0.05, 0.1) is 18.2 Å². The van der Waals surface area contributed by atoms with Crippen LogP contribution in [0, 0.1) is 0 Å². The molecule has 266 valence electrons. The highest BCUT2D eigenvalue weighted by Crippen LogP contribution is 2.46. The van der Waals surface area contributed by atoms with E-state index in [0.717, 1.165) is 33.2 Å². The number of ether oxygens (including phenoxy) is 3. The maximum Gasteiger partial charge on any atom is 0.301 e. The lowest BCUT2D eigenvalue weighted by atomic mass is 9.94. The predicted octanol–water partition coefficient (Wildman–Crippen LogP) is 8.91. The standard InChI is InChI=1S/C42H35N3O6S2/c1-3-49-35-22-28(16-19-34(35)50-23-26-10-5-4-6-11-26)37-36(38(46)29-17-18-33-31(21-29)20-25(2)51-33)39(47)40(48)45(37)41-43-44-42(53-41)52-24-30-14-9-13-27-12-7-8-15-32(27)30/h4-19,21-22,25,37,46H,3,20,23-24H2,1-2H3/b38-36+/t25-,37+/m1/s1. The minimum Gasteiger partial charge on any atom is -0.507 e. The number of ketones is 1. The summed E-state index contributed by atoms with van der Waals surface area (Å²) in [6.07, 6.45) is 0.665. The minimum absolute atomic E-state index is 0.00216. The van der Waals surface area contributed by atoms with Crippen LogP contribution in [-0.4, -0.2) is 39.7 Å². The van der Waals surface area contributed by atoms with E-state index < -0.39 is 17.7 Å². The van der Waals surface area contributed by atoms with Crippen LogP contribution in [0.2, 0.25) is 0 Å². The van der Waals surface area contributed by atoms with Gasteiger partial charge in [-0.15, -0.1) is 10.2 Å². The minimum atomic E-state index is -1.02. The zero-order chi connectivity index (χ0) is 36.5. The van der Waals surface area contributed by atoms with Crippen LogP contribution in [0.5, 0.6) is 17.2 Å². The fourth-order valence-electron chi connectivity index (χ4n) is 6.80. The summed E-state index contributed by atoms with van der Waals surface area (Å²) in [5.41, 5.74) is 3.97. The molecule has 2 atom stereocenters. The number of thioether (sulfide) groups is 1. The number of aromatic nitrogens is 2. The van der Waals surface area contributed by atoms with Crippen LogP contribution in [0.15, 0.2) is 119 Å². The molecule has 53 heavy (non-hydrogen) atoms. The zero-order valence-electron chi connectivity index (χ0n) is 29.0. The van der Waals surface area contributed by atoms with E-state index >= 15 is 0 Å². The quantitative estimate of drug-likeness (QED) is 0.0458. The summed E-state index contributed by atoms with van der Waals surface area (Å²) in [6, 6.07) is 33.8. The first-order valence-corrected chi connectivity index (χ1v) is 19.2. The molecule has 8 rings (SSSR count). The summed E-state index contributed by atoms with van der Waals surface area (Å²) in [4.78, 5) is 29.4. The summed E-state index contributed by atoms with van der Waals surface area (Å²) < 4.78 is 18.7. The Kier molecular flexibility index (Phi) is 9.59. The van der Waals surface area contributed by atoms with Gasteiger partial charge in [0.15, 0.2) is 15.8 Å². The van der Waals surface area contributed by atoms with E-state index in [1.54, 1.807) is 30.3 Å². The number of benzene rings is 5. The van der Waals surface area contributed by atoms with Crippen LogP contribution in [0.1, 0.15) is 47.7 Å². The Morgan fingerprint density at radius 2 is 1.74 bits per heavy atom. The lowest BCUT2D eigenvalue weighted by Gasteiger charge is -2.24. The third-order valence-electron chi connectivity index (χ3n) is 9.27. The van der Waals surface area contributed by atoms with E-state index in [0.29, 0.717) is 52.4 Å². The molecule has 1 fully saturated rings. The molecular formula is C42H35N3O6S2. The Balaban J connectivity index is 1.17. The molecule has 11 heteroatoms. The molecule has 1 aromatic heterocycles. The summed E-state index contributed by atoms with van der Waals surface area (Å²) in [6.45, 7) is 4.53. The molecule has 0 aliphatic carbocycles. The molecule has 2 aliphatic rings. The Morgan fingerprint density at radius 3 is 2.58 bits per heavy atom. The van der Waals surface area contributed by atoms with Gasteiger partial charge in [0.2, 0.25) is 5.13 Å². The van der Waals surface area contributed by atoms with Gasteiger partial charge in [-0.1, -0.05) is 102 Å². The zero-order valence-corrected chi connectivity index (χ0v) is 30.7. The lowest BCUT2D eigenvalue weighted by molar-refractivity contribution is -0.132. The van der Waals surface area contributed by atoms with Crippen molar-refractivity contribution in [3.05, 3.63) is 143 Å². The highest BCUT2D eigenvalue weighted by Gasteiger charge is 2.48. The molecule has 3 heterocycles. The monoisotopic (exact) mass is 741 g/mol. The number of hydrogen-bond donors (Lipinski definition) is 1. The summed E-state index contributed by atoms with van der Waals surface area (Å²) >= 11 is 2.73. The number of aliphatic hydroxyl groups is 1. The largest absolute Gasteiger partial charge is 0.507 e. The summed E-state index contributed by atoms with van der Waals surface area (Å²) in [5, 5.41) is 23.3. The molecule has 1 N–H and O–H groups in total. The molecular weight excluding hydrogens is 707 g/mol. The first-order valence-electron chi connectivity index (χ1n) is 17.3. The number of rotatable bonds is 11. The summed E-state index contributed by atoms with van der Waals surface area (Å²) in [5.74, 6) is 0.419. The van der Waals surface area contributed by atoms with Crippen molar-refractivity contribution in [3.63, 3.8) is 0 Å². The number of amides is 1. The van der Waals surface area contributed by atoms with Gasteiger partial charge in [0.25, 0.3) is 5.78 Å². The second-order valence-corrected chi connectivity index (χ2v) is 15.0. The van der Waals surface area contributed by atoms with Crippen molar-refractivity contribution in [2.45, 2.75) is 49.1 Å². The maximum atomic E-state index is 14.0. The molecule has 0 radical (unpaired) electrons. The second kappa shape index (κ2) is 14.8. The van der Waals surface area contributed by atoms with Gasteiger partial charge in [0.1, 0.15) is 24.2 Å². The second-order valence-electron chi connectivity index (χ2n) is 12.8. The van der Waals surface area contributed by atoms with Gasteiger partial charge in [-0.3, -0.25) is 14.5 Å². The molecule has 0 saturated carbocycles. The normalized spacial score (nSPS) is 17.6. The fourth-order valence-corrected chi connectivity index (χ4v) is 8.68. The first kappa shape index (κ1) is 34.4. The number of fused-ring (bicyclic) bond motifs is 2. The molecule has 5 aromatic carbocycles. The highest BCUT2D eigenvalue weighted by molar-refractivity contribution is 8.00. The van der Waals surface area contributed by atoms with E-state index in [1.807, 2.05) is 68.4 Å². The van der Waals surface area contributed by atoms with Crippen molar-refractivity contribution in [1.29, 1.82) is 0 Å². The van der Waals surface area contributed by atoms with E-state index in [1.165, 1.54) is 28.0 Å². The van der Waals surface area contributed by atoms with Crippen LogP contribution in [0.25, 0.3) is 16.5 Å². The number of anilines is 1. The van der Waals surface area contributed by atoms with Crippen molar-refractivity contribution in [3.8, 4) is 17.2 Å². The van der Waals surface area contributed by atoms with Crippen LogP contribution >= 0.6 is 23.1 Å². The third-order valence-corrected chi connectivity index (χ3v) is 11.4. The van der Waals surface area contributed by atoms with E-state index in [-0.39, 0.29) is 22.6 Å². The number of Topliss-reactive ketones (excluding diaryl/α,β-unsaturated/α-hetero) is 1. The lowest BCUT2D eigenvalue weighted by Crippen LogP contribution is -2.29. The molecule has 9 nitrogen and oxygen atoms in total. The predicted molar refractivity (Wildman–Crippen MR) is 207 cm³/mol. The van der Waals surface area contributed by atoms with E-state index in [4.69, 9.17) is 14.2 Å². The third kappa shape index (κ3) is 6.85. The maximum absolute atomic E-state index is 14.0. The molecule has 0 spiro atoms. The van der Waals surface area contributed by atoms with E-state index in [2.05, 4.69) is 34.5 Å². The number of hydrogen-bond acceptors (Lipinski definition) is 10. The van der Waals surface area contributed by atoms with Crippen LogP contribution in [0.3, 0.4) is 0 Å². The number of aliphatic hydroxyl groups excluding tert-OH is 1. The van der Waals surface area contributed by atoms with Crippen LogP contribution < -0.4 is 19.1 Å². The van der Waals surface area contributed by atoms with Gasteiger partial charge >= 0.3 is 5.91 Å². The van der Waals surface area contributed by atoms with E-state index in [9.17, 15) is 14.7 Å². The van der Waals surface area contributed by atoms with Gasteiger partial charge in [-0.25, -0.2) is 0 Å². The van der Waals surface area contributed by atoms with Crippen molar-refractivity contribution in [2.75, 3.05) is 11.5 Å². The Labute approximate surface area is 314 Å². The molecule has 0 bridgehead atoms. The number of carbonyl (C=O) groups excluding carboxylic acids is 2. The smallest absolute Gasteiger partial charge is 0.301 e. The molecule has 1 saturated heterocycles. The first-order chi connectivity index (χ1) is 25.9. The van der Waals surface area contributed by atoms with Crippen LogP contribution in [-0.2, 0) is 28.4 Å². The average Bonchev–Trinajstić information content (AvgIpc) is 3.88. The number of carbonyl (C=O) groups is 2. The van der Waals surface area contributed by atoms with Crippen molar-refractivity contribution < 1.29 is 28.9 Å². The Morgan fingerprint density at radius 1 is 0.925 bits per heavy atom. The molecule has 2 aliphatic heterocycles. The van der Waals surface area contributed by atoms with Crippen molar-refractivity contribution in [1.82, 2.24) is 10.2 Å². The van der Waals surface area contributed by atoms with Gasteiger partial charge in [-0.05, 0) is 77.2 Å². The highest BCUT2D eigenvalue weighted by atomic mass is 32.2.